The number of H-pyrrole nitrogens is 1. The summed E-state index contributed by atoms with van der Waals surface area (Å²) >= 11 is 5.45. The van der Waals surface area contributed by atoms with Crippen LogP contribution in [0.1, 0.15) is 21.6 Å². The third kappa shape index (κ3) is 1.32. The van der Waals surface area contributed by atoms with E-state index < -0.39 is 5.24 Å². The molecule has 72 valence electrons. The van der Waals surface area contributed by atoms with Crippen molar-refractivity contribution in [2.24, 2.45) is 0 Å². The molecule has 0 aliphatic carbocycles. The highest BCUT2D eigenvalue weighted by Gasteiger charge is 2.11. The van der Waals surface area contributed by atoms with Crippen molar-refractivity contribution in [1.82, 2.24) is 4.98 Å². The van der Waals surface area contributed by atoms with Crippen LogP contribution in [0.2, 0.25) is 0 Å². The minimum atomic E-state index is -0.434. The van der Waals surface area contributed by atoms with Crippen LogP contribution >= 0.6 is 11.6 Å². The molecule has 0 aliphatic rings. The van der Waals surface area contributed by atoms with Crippen molar-refractivity contribution in [2.75, 3.05) is 0 Å². The molecule has 0 atom stereocenters. The van der Waals surface area contributed by atoms with E-state index in [2.05, 4.69) is 4.98 Å². The van der Waals surface area contributed by atoms with Gasteiger partial charge in [-0.15, -0.1) is 0 Å². The lowest BCUT2D eigenvalue weighted by molar-refractivity contribution is 0.107. The SMILES string of the molecule is Cc1ccc2[nH]c(C(=O)Cl)c(C)c2c1. The molecule has 3 heteroatoms. The summed E-state index contributed by atoms with van der Waals surface area (Å²) in [6.07, 6.45) is 0. The molecule has 0 unspecified atom stereocenters. The second kappa shape index (κ2) is 3.14. The number of nitrogens with one attached hydrogen (secondary N) is 1. The maximum atomic E-state index is 11.1. The first kappa shape index (κ1) is 9.28. The van der Waals surface area contributed by atoms with Crippen LogP contribution in [0.4, 0.5) is 0 Å². The number of aromatic amines is 1. The maximum Gasteiger partial charge on any atom is 0.268 e. The molecule has 0 amide bonds. The van der Waals surface area contributed by atoms with Gasteiger partial charge >= 0.3 is 0 Å². The minimum Gasteiger partial charge on any atom is -0.351 e. The van der Waals surface area contributed by atoms with Crippen LogP contribution in [-0.4, -0.2) is 10.2 Å². The van der Waals surface area contributed by atoms with Gasteiger partial charge in [0.25, 0.3) is 5.24 Å². The number of aromatic nitrogens is 1. The Morgan fingerprint density at radius 2 is 2.07 bits per heavy atom. The lowest BCUT2D eigenvalue weighted by Crippen LogP contribution is -1.90. The van der Waals surface area contributed by atoms with E-state index in [4.69, 9.17) is 11.6 Å². The van der Waals surface area contributed by atoms with Crippen LogP contribution in [0.15, 0.2) is 18.2 Å². The fourth-order valence-electron chi connectivity index (χ4n) is 1.64. The fraction of sp³-hybridized carbons (Fsp3) is 0.182. The first-order valence-corrected chi connectivity index (χ1v) is 4.76. The Bertz CT molecular complexity index is 513. The van der Waals surface area contributed by atoms with Gasteiger partial charge < -0.3 is 4.98 Å². The zero-order valence-corrected chi connectivity index (χ0v) is 8.77. The molecule has 1 aromatic heterocycles. The second-order valence-electron chi connectivity index (χ2n) is 3.45. The van der Waals surface area contributed by atoms with Crippen molar-refractivity contribution in [3.05, 3.63) is 35.0 Å². The fourth-order valence-corrected chi connectivity index (χ4v) is 1.83. The van der Waals surface area contributed by atoms with Crippen LogP contribution in [0.3, 0.4) is 0 Å². The Morgan fingerprint density at radius 1 is 1.36 bits per heavy atom. The number of hydrogen-bond acceptors (Lipinski definition) is 1. The van der Waals surface area contributed by atoms with Crippen LogP contribution in [0.5, 0.6) is 0 Å². The van der Waals surface area contributed by atoms with Crippen LogP contribution in [-0.2, 0) is 0 Å². The molecule has 0 fully saturated rings. The van der Waals surface area contributed by atoms with Gasteiger partial charge in [-0.2, -0.15) is 0 Å². The van der Waals surface area contributed by atoms with E-state index in [0.717, 1.165) is 16.5 Å². The Kier molecular flexibility index (Phi) is 2.08. The summed E-state index contributed by atoms with van der Waals surface area (Å²) in [5, 5.41) is 0.630. The zero-order chi connectivity index (χ0) is 10.3. The van der Waals surface area contributed by atoms with E-state index in [1.54, 1.807) is 0 Å². The third-order valence-electron chi connectivity index (χ3n) is 2.41. The van der Waals surface area contributed by atoms with Gasteiger partial charge in [0.1, 0.15) is 5.69 Å². The molecule has 0 bridgehead atoms. The summed E-state index contributed by atoms with van der Waals surface area (Å²) in [5.41, 5.74) is 3.54. The second-order valence-corrected chi connectivity index (χ2v) is 3.79. The van der Waals surface area contributed by atoms with Gasteiger partial charge in [-0.3, -0.25) is 4.79 Å². The molecular weight excluding hydrogens is 198 g/mol. The summed E-state index contributed by atoms with van der Waals surface area (Å²) in [5.74, 6) is 0. The number of hydrogen-bond donors (Lipinski definition) is 1. The van der Waals surface area contributed by atoms with Gasteiger partial charge in [0, 0.05) is 10.9 Å². The first-order valence-electron chi connectivity index (χ1n) is 4.38. The Hall–Kier alpha value is -1.28. The number of carbonyl (C=O) groups excluding carboxylic acids is 1. The molecule has 1 heterocycles. The largest absolute Gasteiger partial charge is 0.351 e. The van der Waals surface area contributed by atoms with E-state index in [1.165, 1.54) is 5.56 Å². The Labute approximate surface area is 86.9 Å². The van der Waals surface area contributed by atoms with E-state index in [1.807, 2.05) is 32.0 Å². The summed E-state index contributed by atoms with van der Waals surface area (Å²) < 4.78 is 0. The highest BCUT2D eigenvalue weighted by atomic mass is 35.5. The predicted molar refractivity (Wildman–Crippen MR) is 58.0 cm³/mol. The number of carbonyl (C=O) groups is 1. The van der Waals surface area contributed by atoms with Crippen LogP contribution < -0.4 is 0 Å². The minimum absolute atomic E-state index is 0.434. The van der Waals surface area contributed by atoms with Crippen LogP contribution in [0, 0.1) is 13.8 Å². The van der Waals surface area contributed by atoms with Gasteiger partial charge in [0.15, 0.2) is 0 Å². The van der Waals surface area contributed by atoms with E-state index >= 15 is 0 Å². The highest BCUT2D eigenvalue weighted by Crippen LogP contribution is 2.23. The molecule has 2 aromatic rings. The number of benzene rings is 1. The third-order valence-corrected chi connectivity index (χ3v) is 2.60. The Morgan fingerprint density at radius 3 is 2.71 bits per heavy atom. The van der Waals surface area contributed by atoms with Crippen LogP contribution in [0.25, 0.3) is 10.9 Å². The molecule has 1 aromatic carbocycles. The van der Waals surface area contributed by atoms with E-state index in [0.29, 0.717) is 5.69 Å². The van der Waals surface area contributed by atoms with Gasteiger partial charge in [-0.05, 0) is 43.1 Å². The lowest BCUT2D eigenvalue weighted by Gasteiger charge is -1.93. The van der Waals surface area contributed by atoms with Crippen molar-refractivity contribution >= 4 is 27.7 Å². The quantitative estimate of drug-likeness (QED) is 0.716. The van der Waals surface area contributed by atoms with Gasteiger partial charge in [-0.1, -0.05) is 11.6 Å². The number of aryl methyl sites for hydroxylation is 2. The van der Waals surface area contributed by atoms with Crippen molar-refractivity contribution in [1.29, 1.82) is 0 Å². The normalized spacial score (nSPS) is 10.8. The number of fused-ring (bicyclic) bond motifs is 1. The van der Waals surface area contributed by atoms with Crippen molar-refractivity contribution in [3.63, 3.8) is 0 Å². The van der Waals surface area contributed by atoms with Crippen molar-refractivity contribution < 1.29 is 4.79 Å². The molecule has 0 saturated heterocycles. The zero-order valence-electron chi connectivity index (χ0n) is 8.02. The topological polar surface area (TPSA) is 32.9 Å². The molecule has 1 N–H and O–H groups in total. The summed E-state index contributed by atoms with van der Waals surface area (Å²) in [6, 6.07) is 6.01. The monoisotopic (exact) mass is 207 g/mol. The highest BCUT2D eigenvalue weighted by molar-refractivity contribution is 6.67. The number of rotatable bonds is 1. The molecule has 0 spiro atoms. The molecule has 2 nitrogen and oxygen atoms in total. The van der Waals surface area contributed by atoms with E-state index in [9.17, 15) is 4.79 Å². The Balaban J connectivity index is 2.80. The molecule has 0 aliphatic heterocycles. The average Bonchev–Trinajstić information content (AvgIpc) is 2.44. The van der Waals surface area contributed by atoms with Crippen molar-refractivity contribution in [3.8, 4) is 0 Å². The average molecular weight is 208 g/mol. The molecular formula is C11H10ClNO. The van der Waals surface area contributed by atoms with Gasteiger partial charge in [-0.25, -0.2) is 0 Å². The smallest absolute Gasteiger partial charge is 0.268 e. The van der Waals surface area contributed by atoms with Gasteiger partial charge in [0.05, 0.1) is 0 Å². The summed E-state index contributed by atoms with van der Waals surface area (Å²) in [7, 11) is 0. The molecule has 2 rings (SSSR count). The summed E-state index contributed by atoms with van der Waals surface area (Å²) in [4.78, 5) is 14.1. The molecule has 0 saturated carbocycles. The van der Waals surface area contributed by atoms with E-state index in [-0.39, 0.29) is 0 Å². The predicted octanol–water partition coefficient (Wildman–Crippen LogP) is 3.16. The molecule has 0 radical (unpaired) electrons. The summed E-state index contributed by atoms with van der Waals surface area (Å²) in [6.45, 7) is 3.92. The number of halogens is 1. The maximum absolute atomic E-state index is 11.1. The van der Waals surface area contributed by atoms with Crippen molar-refractivity contribution in [2.45, 2.75) is 13.8 Å². The van der Waals surface area contributed by atoms with Gasteiger partial charge in [0.2, 0.25) is 0 Å². The standard InChI is InChI=1S/C11H10ClNO/c1-6-3-4-9-8(5-6)7(2)10(13-9)11(12)14/h3-5,13H,1-2H3. The first-order chi connectivity index (χ1) is 6.59. The molecule has 14 heavy (non-hydrogen) atoms. The lowest BCUT2D eigenvalue weighted by atomic mass is 10.1.